The zero-order chi connectivity index (χ0) is 20.1. The second-order valence-corrected chi connectivity index (χ2v) is 7.16. The van der Waals surface area contributed by atoms with Crippen molar-refractivity contribution >= 4 is 17.7 Å². The second kappa shape index (κ2) is 8.59. The second-order valence-electron chi connectivity index (χ2n) is 6.20. The largest absolute Gasteiger partial charge is 0.497 e. The fraction of sp³-hybridized carbons (Fsp3) is 0.136. The van der Waals surface area contributed by atoms with Gasteiger partial charge < -0.3 is 10.5 Å². The summed E-state index contributed by atoms with van der Waals surface area (Å²) in [6.07, 6.45) is 0. The summed E-state index contributed by atoms with van der Waals surface area (Å²) < 4.78 is 5.22. The predicted molar refractivity (Wildman–Crippen MR) is 111 cm³/mol. The van der Waals surface area contributed by atoms with Crippen molar-refractivity contribution in [3.05, 3.63) is 65.7 Å². The maximum Gasteiger partial charge on any atom is 0.227 e. The number of benzene rings is 2. The number of aryl methyl sites for hydroxylation is 1. The number of carbonyl (C=O) groups is 1. The van der Waals surface area contributed by atoms with Crippen LogP contribution >= 0.6 is 11.8 Å². The number of hydrogen-bond acceptors (Lipinski definition) is 5. The van der Waals surface area contributed by atoms with Crippen molar-refractivity contribution in [3.63, 3.8) is 0 Å². The van der Waals surface area contributed by atoms with Crippen LogP contribution in [0.25, 0.3) is 22.4 Å². The van der Waals surface area contributed by atoms with Crippen LogP contribution in [-0.4, -0.2) is 23.8 Å². The molecule has 3 aromatic rings. The molecule has 0 aliphatic heterocycles. The minimum Gasteiger partial charge on any atom is -0.497 e. The quantitative estimate of drug-likeness (QED) is 0.639. The first-order valence-corrected chi connectivity index (χ1v) is 9.58. The number of pyridine rings is 1. The van der Waals surface area contributed by atoms with Crippen molar-refractivity contribution in [1.82, 2.24) is 4.98 Å². The highest BCUT2D eigenvalue weighted by Crippen LogP contribution is 2.34. The number of methoxy groups -OCH3 is 1. The molecule has 0 saturated carbocycles. The Kier molecular flexibility index (Phi) is 5.97. The van der Waals surface area contributed by atoms with Crippen molar-refractivity contribution in [1.29, 1.82) is 5.26 Å². The van der Waals surface area contributed by atoms with Crippen LogP contribution in [0.2, 0.25) is 0 Å². The molecule has 0 saturated heterocycles. The maximum absolute atomic E-state index is 11.3. The zero-order valence-electron chi connectivity index (χ0n) is 15.6. The minimum absolute atomic E-state index is 0.0566. The Hall–Kier alpha value is -3.30. The van der Waals surface area contributed by atoms with Crippen LogP contribution in [0, 0.1) is 18.3 Å². The molecule has 2 aromatic carbocycles. The molecule has 0 unspecified atom stereocenters. The molecule has 6 heteroatoms. The molecule has 0 radical (unpaired) electrons. The van der Waals surface area contributed by atoms with Crippen LogP contribution in [0.3, 0.4) is 0 Å². The normalized spacial score (nSPS) is 10.3. The minimum atomic E-state index is -0.456. The number of carbonyl (C=O) groups excluding carboxylic acids is 1. The summed E-state index contributed by atoms with van der Waals surface area (Å²) in [5, 5.41) is 10.3. The highest BCUT2D eigenvalue weighted by molar-refractivity contribution is 8.00. The summed E-state index contributed by atoms with van der Waals surface area (Å²) in [5.74, 6) is 0.350. The first-order valence-electron chi connectivity index (χ1n) is 8.59. The van der Waals surface area contributed by atoms with Crippen LogP contribution in [0.4, 0.5) is 0 Å². The monoisotopic (exact) mass is 389 g/mol. The fourth-order valence-corrected chi connectivity index (χ4v) is 3.49. The first-order chi connectivity index (χ1) is 13.5. The Morgan fingerprint density at radius 1 is 1.14 bits per heavy atom. The van der Waals surface area contributed by atoms with E-state index in [1.54, 1.807) is 7.11 Å². The molecule has 1 heterocycles. The highest BCUT2D eigenvalue weighted by atomic mass is 32.2. The number of aromatic nitrogens is 1. The maximum atomic E-state index is 11.3. The summed E-state index contributed by atoms with van der Waals surface area (Å²) >= 11 is 1.18. The molecule has 0 atom stereocenters. The van der Waals surface area contributed by atoms with Crippen molar-refractivity contribution in [2.75, 3.05) is 12.9 Å². The number of primary amides is 1. The van der Waals surface area contributed by atoms with Gasteiger partial charge >= 0.3 is 0 Å². The molecule has 0 aliphatic carbocycles. The van der Waals surface area contributed by atoms with Gasteiger partial charge in [0.1, 0.15) is 16.8 Å². The number of thioether (sulfide) groups is 1. The molecular formula is C22H19N3O2S. The molecule has 0 bridgehead atoms. The predicted octanol–water partition coefficient (Wildman–Crippen LogP) is 4.18. The van der Waals surface area contributed by atoms with E-state index in [0.29, 0.717) is 16.3 Å². The van der Waals surface area contributed by atoms with E-state index in [9.17, 15) is 10.1 Å². The summed E-state index contributed by atoms with van der Waals surface area (Å²) in [5.41, 5.74) is 10.2. The van der Waals surface area contributed by atoms with Gasteiger partial charge in [0.05, 0.1) is 24.1 Å². The molecular weight excluding hydrogens is 370 g/mol. The summed E-state index contributed by atoms with van der Waals surface area (Å²) in [4.78, 5) is 15.9. The molecule has 0 aliphatic rings. The van der Waals surface area contributed by atoms with E-state index in [0.717, 1.165) is 28.0 Å². The van der Waals surface area contributed by atoms with E-state index < -0.39 is 5.91 Å². The first kappa shape index (κ1) is 19.5. The van der Waals surface area contributed by atoms with Crippen LogP contribution in [0.15, 0.2) is 59.6 Å². The van der Waals surface area contributed by atoms with Crippen LogP contribution in [-0.2, 0) is 4.79 Å². The molecule has 3 rings (SSSR count). The Labute approximate surface area is 168 Å². The van der Waals surface area contributed by atoms with E-state index in [2.05, 4.69) is 11.1 Å². The lowest BCUT2D eigenvalue weighted by molar-refractivity contribution is -0.115. The number of nitriles is 1. The standard InChI is InChI=1S/C22H19N3O2S/c1-14-3-5-15(6-4-14)18-11-20(16-7-9-17(27-2)10-8-16)25-22(19(18)12-23)28-13-21(24)26/h3-11H,13H2,1-2H3,(H2,24,26). The van der Waals surface area contributed by atoms with Crippen molar-refractivity contribution in [2.24, 2.45) is 5.73 Å². The van der Waals surface area contributed by atoms with Gasteiger partial charge in [-0.1, -0.05) is 41.6 Å². The smallest absolute Gasteiger partial charge is 0.227 e. The Morgan fingerprint density at radius 3 is 2.36 bits per heavy atom. The van der Waals surface area contributed by atoms with E-state index in [-0.39, 0.29) is 5.75 Å². The van der Waals surface area contributed by atoms with Crippen LogP contribution in [0.5, 0.6) is 5.75 Å². The topological polar surface area (TPSA) is 89.0 Å². The van der Waals surface area contributed by atoms with Gasteiger partial charge in [0.25, 0.3) is 0 Å². The molecule has 1 aromatic heterocycles. The lowest BCUT2D eigenvalue weighted by atomic mass is 9.98. The van der Waals surface area contributed by atoms with E-state index in [4.69, 9.17) is 10.5 Å². The van der Waals surface area contributed by atoms with Gasteiger partial charge in [0.2, 0.25) is 5.91 Å². The van der Waals surface area contributed by atoms with Gasteiger partial charge in [-0.05, 0) is 42.8 Å². The number of ether oxygens (including phenoxy) is 1. The Morgan fingerprint density at radius 2 is 1.79 bits per heavy atom. The number of nitrogens with two attached hydrogens (primary N) is 1. The van der Waals surface area contributed by atoms with E-state index in [1.807, 2.05) is 61.5 Å². The van der Waals surface area contributed by atoms with Crippen molar-refractivity contribution in [3.8, 4) is 34.2 Å². The molecule has 140 valence electrons. The third-order valence-corrected chi connectivity index (χ3v) is 5.20. The Balaban J connectivity index is 2.17. The SMILES string of the molecule is COc1ccc(-c2cc(-c3ccc(C)cc3)c(C#N)c(SCC(N)=O)n2)cc1. The molecule has 2 N–H and O–H groups in total. The molecule has 0 spiro atoms. The Bertz CT molecular complexity index is 1040. The number of rotatable bonds is 6. The average Bonchev–Trinajstić information content (AvgIpc) is 2.72. The average molecular weight is 389 g/mol. The van der Waals surface area contributed by atoms with Gasteiger partial charge in [-0.2, -0.15) is 5.26 Å². The molecule has 28 heavy (non-hydrogen) atoms. The molecule has 5 nitrogen and oxygen atoms in total. The zero-order valence-corrected chi connectivity index (χ0v) is 16.4. The van der Waals surface area contributed by atoms with Gasteiger partial charge in [-0.15, -0.1) is 0 Å². The lowest BCUT2D eigenvalue weighted by Crippen LogP contribution is -2.13. The molecule has 0 fully saturated rings. The summed E-state index contributed by atoms with van der Waals surface area (Å²) in [7, 11) is 1.61. The third-order valence-electron chi connectivity index (χ3n) is 4.20. The molecule has 1 amide bonds. The summed E-state index contributed by atoms with van der Waals surface area (Å²) in [6, 6.07) is 19.6. The van der Waals surface area contributed by atoms with E-state index in [1.165, 1.54) is 11.8 Å². The number of nitrogens with zero attached hydrogens (tertiary/aromatic N) is 2. The lowest BCUT2D eigenvalue weighted by Gasteiger charge is -2.13. The third kappa shape index (κ3) is 4.33. The van der Waals surface area contributed by atoms with Gasteiger partial charge in [0, 0.05) is 11.1 Å². The van der Waals surface area contributed by atoms with Gasteiger partial charge in [-0.25, -0.2) is 4.98 Å². The summed E-state index contributed by atoms with van der Waals surface area (Å²) in [6.45, 7) is 2.01. The number of hydrogen-bond donors (Lipinski definition) is 1. The number of amides is 1. The van der Waals surface area contributed by atoms with Gasteiger partial charge in [0.15, 0.2) is 0 Å². The van der Waals surface area contributed by atoms with Crippen molar-refractivity contribution < 1.29 is 9.53 Å². The van der Waals surface area contributed by atoms with Crippen molar-refractivity contribution in [2.45, 2.75) is 11.9 Å². The van der Waals surface area contributed by atoms with Gasteiger partial charge in [-0.3, -0.25) is 4.79 Å². The van der Waals surface area contributed by atoms with Crippen LogP contribution in [0.1, 0.15) is 11.1 Å². The fourth-order valence-electron chi connectivity index (χ4n) is 2.74. The van der Waals surface area contributed by atoms with Crippen LogP contribution < -0.4 is 10.5 Å². The highest BCUT2D eigenvalue weighted by Gasteiger charge is 2.16. The van der Waals surface area contributed by atoms with E-state index >= 15 is 0 Å².